The third-order valence-electron chi connectivity index (χ3n) is 2.81. The summed E-state index contributed by atoms with van der Waals surface area (Å²) in [5.74, 6) is 5.55. The lowest BCUT2D eigenvalue weighted by atomic mass is 10.2. The maximum Gasteiger partial charge on any atom is 0.252 e. The largest absolute Gasteiger partial charge is 0.343 e. The van der Waals surface area contributed by atoms with Crippen LogP contribution in [-0.4, -0.2) is 15.9 Å². The molecule has 0 saturated heterocycles. The van der Waals surface area contributed by atoms with E-state index >= 15 is 0 Å². The maximum absolute atomic E-state index is 12.1. The van der Waals surface area contributed by atoms with Crippen molar-refractivity contribution in [2.45, 2.75) is 26.3 Å². The number of nitrogen functional groups attached to an aromatic ring is 1. The zero-order valence-corrected chi connectivity index (χ0v) is 12.2. The monoisotopic (exact) mass is 291 g/mol. The molecule has 0 aliphatic carbocycles. The van der Waals surface area contributed by atoms with Crippen molar-refractivity contribution < 1.29 is 4.79 Å². The summed E-state index contributed by atoms with van der Waals surface area (Å²) in [4.78, 5) is 21.6. The summed E-state index contributed by atoms with van der Waals surface area (Å²) >= 11 is 1.62. The lowest BCUT2D eigenvalue weighted by Gasteiger charge is -2.11. The van der Waals surface area contributed by atoms with Crippen LogP contribution in [-0.2, 0) is 6.42 Å². The Morgan fingerprint density at radius 2 is 2.30 bits per heavy atom. The summed E-state index contributed by atoms with van der Waals surface area (Å²) in [5.41, 5.74) is 2.92. The minimum Gasteiger partial charge on any atom is -0.343 e. The Morgan fingerprint density at radius 3 is 2.95 bits per heavy atom. The number of hydrogen-bond donors (Lipinski definition) is 3. The summed E-state index contributed by atoms with van der Waals surface area (Å²) in [6.45, 7) is 4.00. The molecule has 1 atom stereocenters. The number of pyridine rings is 1. The Labute approximate surface area is 121 Å². The molecule has 7 heteroatoms. The van der Waals surface area contributed by atoms with Crippen molar-refractivity contribution in [1.29, 1.82) is 0 Å². The predicted molar refractivity (Wildman–Crippen MR) is 79.4 cm³/mol. The van der Waals surface area contributed by atoms with Crippen LogP contribution in [0.3, 0.4) is 0 Å². The molecule has 106 valence electrons. The minimum atomic E-state index is -0.176. The molecule has 2 aromatic rings. The first-order valence-corrected chi connectivity index (χ1v) is 7.13. The van der Waals surface area contributed by atoms with E-state index < -0.39 is 0 Å². The summed E-state index contributed by atoms with van der Waals surface area (Å²) in [5, 5.41) is 3.82. The van der Waals surface area contributed by atoms with Gasteiger partial charge in [-0.2, -0.15) is 0 Å². The highest BCUT2D eigenvalue weighted by atomic mass is 32.1. The molecule has 1 amide bonds. The van der Waals surface area contributed by atoms with Gasteiger partial charge in [-0.05, 0) is 25.5 Å². The van der Waals surface area contributed by atoms with Gasteiger partial charge in [-0.1, -0.05) is 6.92 Å². The Kier molecular flexibility index (Phi) is 4.65. The maximum atomic E-state index is 12.1. The standard InChI is InChI=1S/C13H17N5OS/c1-3-10-7-16-13(20-10)8(2)17-12(19)9-4-5-15-11(6-9)18-14/h4-8H,3,14H2,1-2H3,(H,15,18)(H,17,19). The van der Waals surface area contributed by atoms with E-state index in [0.29, 0.717) is 11.4 Å². The van der Waals surface area contributed by atoms with Gasteiger partial charge in [0.05, 0.1) is 6.04 Å². The summed E-state index contributed by atoms with van der Waals surface area (Å²) in [6.07, 6.45) is 4.34. The topological polar surface area (TPSA) is 92.9 Å². The molecule has 20 heavy (non-hydrogen) atoms. The molecule has 0 radical (unpaired) electrons. The second kappa shape index (κ2) is 6.44. The second-order valence-corrected chi connectivity index (χ2v) is 5.43. The van der Waals surface area contributed by atoms with Crippen molar-refractivity contribution in [3.8, 4) is 0 Å². The number of nitrogens with zero attached hydrogens (tertiary/aromatic N) is 2. The van der Waals surface area contributed by atoms with Crippen molar-refractivity contribution in [1.82, 2.24) is 15.3 Å². The molecule has 0 bridgehead atoms. The molecule has 2 aromatic heterocycles. The van der Waals surface area contributed by atoms with Crippen LogP contribution in [0.1, 0.15) is 40.1 Å². The zero-order valence-electron chi connectivity index (χ0n) is 11.4. The fourth-order valence-corrected chi connectivity index (χ4v) is 2.54. The zero-order chi connectivity index (χ0) is 14.5. The van der Waals surface area contributed by atoms with E-state index in [1.165, 1.54) is 11.1 Å². The van der Waals surface area contributed by atoms with Gasteiger partial charge in [-0.3, -0.25) is 4.79 Å². The number of nitrogens with one attached hydrogen (secondary N) is 2. The fraction of sp³-hybridized carbons (Fsp3) is 0.308. The molecule has 0 aliphatic heterocycles. The van der Waals surface area contributed by atoms with E-state index in [0.717, 1.165) is 11.4 Å². The Balaban J connectivity index is 2.06. The summed E-state index contributed by atoms with van der Waals surface area (Å²) < 4.78 is 0. The van der Waals surface area contributed by atoms with Crippen molar-refractivity contribution in [2.75, 3.05) is 5.43 Å². The molecule has 4 N–H and O–H groups in total. The van der Waals surface area contributed by atoms with Crippen LogP contribution in [0.2, 0.25) is 0 Å². The van der Waals surface area contributed by atoms with E-state index in [1.54, 1.807) is 23.5 Å². The van der Waals surface area contributed by atoms with Gasteiger partial charge in [0, 0.05) is 22.8 Å². The molecule has 0 fully saturated rings. The van der Waals surface area contributed by atoms with Crippen LogP contribution >= 0.6 is 11.3 Å². The normalized spacial score (nSPS) is 11.9. The minimum absolute atomic E-state index is 0.129. The number of hydrogen-bond acceptors (Lipinski definition) is 6. The van der Waals surface area contributed by atoms with Crippen LogP contribution in [0, 0.1) is 0 Å². The van der Waals surface area contributed by atoms with Gasteiger partial charge in [0.25, 0.3) is 5.91 Å². The van der Waals surface area contributed by atoms with Gasteiger partial charge in [-0.25, -0.2) is 15.8 Å². The number of nitrogens with two attached hydrogens (primary N) is 1. The van der Waals surface area contributed by atoms with Gasteiger partial charge >= 0.3 is 0 Å². The lowest BCUT2D eigenvalue weighted by Crippen LogP contribution is -2.26. The second-order valence-electron chi connectivity index (χ2n) is 4.29. The molecule has 0 spiro atoms. The Bertz CT molecular complexity index is 598. The molecule has 0 aromatic carbocycles. The van der Waals surface area contributed by atoms with Crippen molar-refractivity contribution in [3.05, 3.63) is 40.0 Å². The summed E-state index contributed by atoms with van der Waals surface area (Å²) in [6, 6.07) is 3.11. The first kappa shape index (κ1) is 14.4. The Morgan fingerprint density at radius 1 is 1.50 bits per heavy atom. The number of rotatable bonds is 5. The molecule has 6 nitrogen and oxygen atoms in total. The molecule has 2 rings (SSSR count). The third kappa shape index (κ3) is 3.31. The highest BCUT2D eigenvalue weighted by molar-refractivity contribution is 7.11. The van der Waals surface area contributed by atoms with Crippen LogP contribution in [0.4, 0.5) is 5.82 Å². The number of thiazole rings is 1. The first-order valence-electron chi connectivity index (χ1n) is 6.32. The molecular formula is C13H17N5OS. The number of hydrazine groups is 1. The smallest absolute Gasteiger partial charge is 0.252 e. The van der Waals surface area contributed by atoms with E-state index in [1.807, 2.05) is 13.1 Å². The van der Waals surface area contributed by atoms with Crippen LogP contribution in [0.5, 0.6) is 0 Å². The van der Waals surface area contributed by atoms with E-state index in [-0.39, 0.29) is 11.9 Å². The van der Waals surface area contributed by atoms with Crippen LogP contribution in [0.15, 0.2) is 24.5 Å². The van der Waals surface area contributed by atoms with E-state index in [2.05, 4.69) is 27.6 Å². The quantitative estimate of drug-likeness (QED) is 0.577. The van der Waals surface area contributed by atoms with Crippen LogP contribution < -0.4 is 16.6 Å². The SMILES string of the molecule is CCc1cnc(C(C)NC(=O)c2ccnc(NN)c2)s1. The Hall–Kier alpha value is -1.99. The first-order chi connectivity index (χ1) is 9.63. The van der Waals surface area contributed by atoms with E-state index in [4.69, 9.17) is 5.84 Å². The van der Waals surface area contributed by atoms with Crippen molar-refractivity contribution in [2.24, 2.45) is 5.84 Å². The molecule has 2 heterocycles. The number of anilines is 1. The molecule has 0 saturated carbocycles. The molecular weight excluding hydrogens is 274 g/mol. The van der Waals surface area contributed by atoms with Gasteiger partial charge < -0.3 is 10.7 Å². The van der Waals surface area contributed by atoms with E-state index in [9.17, 15) is 4.79 Å². The van der Waals surface area contributed by atoms with Crippen molar-refractivity contribution >= 4 is 23.1 Å². The van der Waals surface area contributed by atoms with Crippen molar-refractivity contribution in [3.63, 3.8) is 0 Å². The number of aromatic nitrogens is 2. The number of amides is 1. The number of carbonyl (C=O) groups is 1. The number of carbonyl (C=O) groups excluding carboxylic acids is 1. The summed E-state index contributed by atoms with van der Waals surface area (Å²) in [7, 11) is 0. The highest BCUT2D eigenvalue weighted by Gasteiger charge is 2.14. The van der Waals surface area contributed by atoms with Gasteiger partial charge in [0.15, 0.2) is 0 Å². The average Bonchev–Trinajstić information content (AvgIpc) is 2.96. The fourth-order valence-electron chi connectivity index (χ4n) is 1.68. The average molecular weight is 291 g/mol. The van der Waals surface area contributed by atoms with Crippen LogP contribution in [0.25, 0.3) is 0 Å². The van der Waals surface area contributed by atoms with Gasteiger partial charge in [0.2, 0.25) is 0 Å². The van der Waals surface area contributed by atoms with Gasteiger partial charge in [-0.15, -0.1) is 11.3 Å². The highest BCUT2D eigenvalue weighted by Crippen LogP contribution is 2.20. The predicted octanol–water partition coefficient (Wildman–Crippen LogP) is 1.88. The molecule has 0 aliphatic rings. The third-order valence-corrected chi connectivity index (χ3v) is 4.13. The lowest BCUT2D eigenvalue weighted by molar-refractivity contribution is 0.0940. The van der Waals surface area contributed by atoms with Gasteiger partial charge in [0.1, 0.15) is 10.8 Å². The molecule has 1 unspecified atom stereocenters. The number of aryl methyl sites for hydroxylation is 1.